The summed E-state index contributed by atoms with van der Waals surface area (Å²) in [5.41, 5.74) is 1.58. The molecule has 0 bridgehead atoms. The number of ether oxygens (including phenoxy) is 1. The standard InChI is InChI=1S/C26H27ClF3N5O3/c27-20-12-17(11-19(14-20)26(28,29)30)15-38-25(37)35-5-3-21(4-6-35)33-7-9-34(10-8-33)24(36)18-1-2-22-23(13-18)32-16-31-22/h1-2,11-14,16,21H,3-10,15H2,(H,31,32). The van der Waals surface area contributed by atoms with Gasteiger partial charge in [-0.15, -0.1) is 0 Å². The minimum Gasteiger partial charge on any atom is -0.445 e. The highest BCUT2D eigenvalue weighted by Crippen LogP contribution is 2.32. The van der Waals surface area contributed by atoms with Crippen LogP contribution in [-0.4, -0.2) is 82.0 Å². The van der Waals surface area contributed by atoms with E-state index in [1.807, 2.05) is 17.0 Å². The fourth-order valence-electron chi connectivity index (χ4n) is 5.08. The summed E-state index contributed by atoms with van der Waals surface area (Å²) in [6, 6.07) is 8.90. The Morgan fingerprint density at radius 3 is 2.45 bits per heavy atom. The third-order valence-electron chi connectivity index (χ3n) is 7.16. The van der Waals surface area contributed by atoms with Crippen molar-refractivity contribution in [1.82, 2.24) is 24.7 Å². The summed E-state index contributed by atoms with van der Waals surface area (Å²) in [6.07, 6.45) is -1.96. The zero-order chi connectivity index (χ0) is 26.9. The molecule has 2 saturated heterocycles. The van der Waals surface area contributed by atoms with Crippen LogP contribution in [0.15, 0.2) is 42.7 Å². The van der Waals surface area contributed by atoms with Crippen LogP contribution in [0.5, 0.6) is 0 Å². The molecule has 1 aromatic heterocycles. The monoisotopic (exact) mass is 549 g/mol. The van der Waals surface area contributed by atoms with Crippen molar-refractivity contribution in [2.75, 3.05) is 39.3 Å². The Labute approximate surface area is 222 Å². The summed E-state index contributed by atoms with van der Waals surface area (Å²) in [5.74, 6) is -0.00540. The number of likely N-dealkylation sites (tertiary alicyclic amines) is 1. The predicted octanol–water partition coefficient (Wildman–Crippen LogP) is 4.79. The maximum Gasteiger partial charge on any atom is 0.416 e. The summed E-state index contributed by atoms with van der Waals surface area (Å²) < 4.78 is 44.3. The van der Waals surface area contributed by atoms with Crippen molar-refractivity contribution < 1.29 is 27.5 Å². The Balaban J connectivity index is 1.07. The molecule has 3 aromatic rings. The number of piperidine rings is 1. The summed E-state index contributed by atoms with van der Waals surface area (Å²) in [7, 11) is 0. The van der Waals surface area contributed by atoms with Gasteiger partial charge in [0.15, 0.2) is 0 Å². The van der Waals surface area contributed by atoms with E-state index in [-0.39, 0.29) is 23.1 Å². The van der Waals surface area contributed by atoms with Gasteiger partial charge in [0.2, 0.25) is 0 Å². The molecule has 0 unspecified atom stereocenters. The van der Waals surface area contributed by atoms with Gasteiger partial charge in [0, 0.05) is 55.9 Å². The number of H-pyrrole nitrogens is 1. The maximum atomic E-state index is 13.0. The van der Waals surface area contributed by atoms with Crippen molar-refractivity contribution in [2.24, 2.45) is 0 Å². The number of aromatic amines is 1. The van der Waals surface area contributed by atoms with Crippen LogP contribution in [0.1, 0.15) is 34.3 Å². The largest absolute Gasteiger partial charge is 0.445 e. The van der Waals surface area contributed by atoms with Crippen LogP contribution in [0, 0.1) is 0 Å². The minimum atomic E-state index is -4.53. The number of nitrogens with zero attached hydrogens (tertiary/aromatic N) is 4. The number of halogens is 4. The minimum absolute atomic E-state index is 0.00540. The molecule has 0 aliphatic carbocycles. The van der Waals surface area contributed by atoms with Crippen molar-refractivity contribution in [1.29, 1.82) is 0 Å². The number of imidazole rings is 1. The van der Waals surface area contributed by atoms with Gasteiger partial charge in [0.1, 0.15) is 6.61 Å². The highest BCUT2D eigenvalue weighted by Gasteiger charge is 2.32. The lowest BCUT2D eigenvalue weighted by molar-refractivity contribution is -0.137. The molecule has 8 nitrogen and oxygen atoms in total. The van der Waals surface area contributed by atoms with E-state index < -0.39 is 17.8 Å². The zero-order valence-electron chi connectivity index (χ0n) is 20.5. The van der Waals surface area contributed by atoms with E-state index in [2.05, 4.69) is 14.9 Å². The predicted molar refractivity (Wildman–Crippen MR) is 135 cm³/mol. The van der Waals surface area contributed by atoms with Crippen molar-refractivity contribution in [3.63, 3.8) is 0 Å². The lowest BCUT2D eigenvalue weighted by Crippen LogP contribution is -2.54. The molecule has 0 atom stereocenters. The van der Waals surface area contributed by atoms with Gasteiger partial charge in [0.25, 0.3) is 5.91 Å². The number of amides is 2. The molecule has 0 spiro atoms. The topological polar surface area (TPSA) is 81.8 Å². The maximum absolute atomic E-state index is 13.0. The van der Waals surface area contributed by atoms with E-state index in [0.29, 0.717) is 37.8 Å². The first-order valence-corrected chi connectivity index (χ1v) is 12.8. The average Bonchev–Trinajstić information content (AvgIpc) is 3.39. The van der Waals surface area contributed by atoms with E-state index in [0.717, 1.165) is 49.1 Å². The first-order valence-electron chi connectivity index (χ1n) is 12.4. The first kappa shape index (κ1) is 26.3. The Kier molecular flexibility index (Phi) is 7.49. The summed E-state index contributed by atoms with van der Waals surface area (Å²) in [4.78, 5) is 38.5. The third kappa shape index (κ3) is 5.88. The lowest BCUT2D eigenvalue weighted by atomic mass is 10.0. The molecule has 0 saturated carbocycles. The van der Waals surface area contributed by atoms with Crippen LogP contribution in [0.25, 0.3) is 11.0 Å². The fraction of sp³-hybridized carbons (Fsp3) is 0.423. The number of fused-ring (bicyclic) bond motifs is 1. The average molecular weight is 550 g/mol. The number of carbonyl (C=O) groups is 2. The normalized spacial score (nSPS) is 17.7. The lowest BCUT2D eigenvalue weighted by Gasteiger charge is -2.42. The van der Waals surface area contributed by atoms with Crippen molar-refractivity contribution >= 4 is 34.6 Å². The Hall–Kier alpha value is -3.31. The van der Waals surface area contributed by atoms with Crippen LogP contribution < -0.4 is 0 Å². The summed E-state index contributed by atoms with van der Waals surface area (Å²) >= 11 is 5.80. The molecule has 202 valence electrons. The van der Waals surface area contributed by atoms with Crippen LogP contribution >= 0.6 is 11.6 Å². The highest BCUT2D eigenvalue weighted by molar-refractivity contribution is 6.30. The Bertz CT molecular complexity index is 1310. The van der Waals surface area contributed by atoms with Gasteiger partial charge in [-0.2, -0.15) is 13.2 Å². The highest BCUT2D eigenvalue weighted by atomic mass is 35.5. The van der Waals surface area contributed by atoms with E-state index in [9.17, 15) is 22.8 Å². The molecule has 1 N–H and O–H groups in total. The quantitative estimate of drug-likeness (QED) is 0.506. The fourth-order valence-corrected chi connectivity index (χ4v) is 5.34. The number of hydrogen-bond donors (Lipinski definition) is 1. The number of aromatic nitrogens is 2. The molecule has 38 heavy (non-hydrogen) atoms. The first-order chi connectivity index (χ1) is 18.2. The number of carbonyl (C=O) groups excluding carboxylic acids is 2. The summed E-state index contributed by atoms with van der Waals surface area (Å²) in [6.45, 7) is 3.46. The molecule has 3 heterocycles. The SMILES string of the molecule is O=C(OCc1cc(Cl)cc(C(F)(F)F)c1)N1CCC(N2CCN(C(=O)c3ccc4[nH]cnc4c3)CC2)CC1. The van der Waals surface area contributed by atoms with Crippen molar-refractivity contribution in [3.8, 4) is 0 Å². The number of benzene rings is 2. The second-order valence-corrected chi connectivity index (χ2v) is 10.0. The van der Waals surface area contributed by atoms with E-state index >= 15 is 0 Å². The van der Waals surface area contributed by atoms with Crippen LogP contribution in [0.3, 0.4) is 0 Å². The molecule has 2 aliphatic heterocycles. The molecule has 2 aromatic carbocycles. The molecule has 12 heteroatoms. The number of nitrogens with one attached hydrogen (secondary N) is 1. The van der Waals surface area contributed by atoms with Gasteiger partial charge in [-0.3, -0.25) is 9.69 Å². The zero-order valence-corrected chi connectivity index (χ0v) is 21.3. The molecule has 2 amide bonds. The second-order valence-electron chi connectivity index (χ2n) is 9.58. The number of hydrogen-bond acceptors (Lipinski definition) is 5. The van der Waals surface area contributed by atoms with Crippen LogP contribution in [0.4, 0.5) is 18.0 Å². The van der Waals surface area contributed by atoms with Gasteiger partial charge in [-0.1, -0.05) is 11.6 Å². The van der Waals surface area contributed by atoms with Gasteiger partial charge in [0.05, 0.1) is 22.9 Å². The van der Waals surface area contributed by atoms with Crippen molar-refractivity contribution in [3.05, 3.63) is 64.4 Å². The number of piperazine rings is 1. The Morgan fingerprint density at radius 1 is 1.00 bits per heavy atom. The Morgan fingerprint density at radius 2 is 1.74 bits per heavy atom. The van der Waals surface area contributed by atoms with E-state index in [1.165, 1.54) is 6.07 Å². The molecule has 2 fully saturated rings. The van der Waals surface area contributed by atoms with E-state index in [4.69, 9.17) is 16.3 Å². The van der Waals surface area contributed by atoms with Crippen molar-refractivity contribution in [2.45, 2.75) is 31.7 Å². The molecule has 2 aliphatic rings. The van der Waals surface area contributed by atoms with Gasteiger partial charge in [-0.25, -0.2) is 9.78 Å². The van der Waals surface area contributed by atoms with Gasteiger partial charge in [-0.05, 0) is 54.8 Å². The smallest absolute Gasteiger partial charge is 0.416 e. The van der Waals surface area contributed by atoms with Gasteiger partial charge < -0.3 is 19.5 Å². The van der Waals surface area contributed by atoms with Crippen LogP contribution in [0.2, 0.25) is 5.02 Å². The second kappa shape index (κ2) is 10.8. The molecule has 5 rings (SSSR count). The van der Waals surface area contributed by atoms with Gasteiger partial charge >= 0.3 is 12.3 Å². The van der Waals surface area contributed by atoms with Crippen LogP contribution in [-0.2, 0) is 17.5 Å². The molecular formula is C26H27ClF3N5O3. The molecular weight excluding hydrogens is 523 g/mol. The summed E-state index contributed by atoms with van der Waals surface area (Å²) in [5, 5.41) is -0.0628. The number of rotatable bonds is 4. The molecule has 0 radical (unpaired) electrons. The third-order valence-corrected chi connectivity index (χ3v) is 7.37. The number of alkyl halides is 3. The van der Waals surface area contributed by atoms with E-state index in [1.54, 1.807) is 17.3 Å².